The number of hydrogen-bond acceptors (Lipinski definition) is 5. The number of nitrogens with zero attached hydrogens (tertiary/aromatic N) is 4. The van der Waals surface area contributed by atoms with Crippen molar-refractivity contribution in [1.82, 2.24) is 19.6 Å². The molecule has 4 amide bonds. The Hall–Kier alpha value is -2.19. The van der Waals surface area contributed by atoms with Crippen LogP contribution in [0.5, 0.6) is 0 Å². The summed E-state index contributed by atoms with van der Waals surface area (Å²) in [5.74, 6) is 0. The zero-order chi connectivity index (χ0) is 21.1. The number of rotatable bonds is 0. The molecule has 0 aromatic heterocycles. The molecule has 0 saturated carbocycles. The third kappa shape index (κ3) is 6.45. The molecule has 0 radical (unpaired) electrons. The van der Waals surface area contributed by atoms with Crippen LogP contribution in [0.4, 0.5) is 14.4 Å². The molecule has 9 heteroatoms. The minimum absolute atomic E-state index is 0.0484. The van der Waals surface area contributed by atoms with Crippen molar-refractivity contribution >= 4 is 18.2 Å². The minimum atomic E-state index is -0.530. The van der Waals surface area contributed by atoms with E-state index in [1.54, 1.807) is 19.6 Å². The van der Waals surface area contributed by atoms with Crippen LogP contribution in [0.2, 0.25) is 0 Å². The van der Waals surface area contributed by atoms with E-state index >= 15 is 0 Å². The third-order valence-corrected chi connectivity index (χ3v) is 4.40. The second kappa shape index (κ2) is 8.45. The van der Waals surface area contributed by atoms with Gasteiger partial charge in [-0.15, -0.1) is 0 Å². The van der Waals surface area contributed by atoms with E-state index in [2.05, 4.69) is 0 Å². The van der Waals surface area contributed by atoms with Gasteiger partial charge in [0.05, 0.1) is 0 Å². The summed E-state index contributed by atoms with van der Waals surface area (Å²) in [5.41, 5.74) is -1.06. The molecular formula is C19H34N4O5. The van der Waals surface area contributed by atoms with Gasteiger partial charge in [-0.1, -0.05) is 0 Å². The molecule has 2 rings (SSSR count). The molecule has 0 aromatic carbocycles. The molecular weight excluding hydrogens is 364 g/mol. The molecule has 2 fully saturated rings. The molecule has 2 aliphatic rings. The van der Waals surface area contributed by atoms with Crippen LogP contribution < -0.4 is 0 Å². The van der Waals surface area contributed by atoms with Gasteiger partial charge in [0.2, 0.25) is 0 Å². The van der Waals surface area contributed by atoms with E-state index in [1.165, 1.54) is 0 Å². The number of amides is 4. The van der Waals surface area contributed by atoms with Crippen molar-refractivity contribution in [1.29, 1.82) is 0 Å². The highest BCUT2D eigenvalue weighted by molar-refractivity contribution is 5.76. The summed E-state index contributed by atoms with van der Waals surface area (Å²) in [6, 6.07) is -0.0484. The van der Waals surface area contributed by atoms with Gasteiger partial charge in [-0.3, -0.25) is 0 Å². The van der Waals surface area contributed by atoms with Gasteiger partial charge >= 0.3 is 18.2 Å². The lowest BCUT2D eigenvalue weighted by Crippen LogP contribution is -2.58. The van der Waals surface area contributed by atoms with Gasteiger partial charge in [-0.25, -0.2) is 14.4 Å². The van der Waals surface area contributed by atoms with E-state index in [-0.39, 0.29) is 18.2 Å². The number of hydrogen-bond donors (Lipinski definition) is 0. The Morgan fingerprint density at radius 1 is 0.536 bits per heavy atom. The maximum atomic E-state index is 12.7. The Kier molecular flexibility index (Phi) is 6.67. The Labute approximate surface area is 167 Å². The summed E-state index contributed by atoms with van der Waals surface area (Å²) in [7, 11) is 0. The van der Waals surface area contributed by atoms with Gasteiger partial charge in [-0.05, 0) is 41.5 Å². The quantitative estimate of drug-likeness (QED) is 0.625. The lowest BCUT2D eigenvalue weighted by Gasteiger charge is -2.40. The number of urea groups is 1. The Morgan fingerprint density at radius 2 is 0.786 bits per heavy atom. The second-order valence-corrected chi connectivity index (χ2v) is 9.19. The Bertz CT molecular complexity index is 530. The average molecular weight is 399 g/mol. The summed E-state index contributed by atoms with van der Waals surface area (Å²) in [4.78, 5) is 43.8. The fourth-order valence-electron chi connectivity index (χ4n) is 3.01. The largest absolute Gasteiger partial charge is 0.444 e. The minimum Gasteiger partial charge on any atom is -0.444 e. The van der Waals surface area contributed by atoms with Gasteiger partial charge < -0.3 is 29.1 Å². The van der Waals surface area contributed by atoms with E-state index in [0.717, 1.165) is 0 Å². The summed E-state index contributed by atoms with van der Waals surface area (Å²) in [6.07, 6.45) is -0.684. The van der Waals surface area contributed by atoms with Crippen LogP contribution in [0.15, 0.2) is 0 Å². The lowest BCUT2D eigenvalue weighted by atomic mass is 10.2. The monoisotopic (exact) mass is 398 g/mol. The zero-order valence-electron chi connectivity index (χ0n) is 18.0. The lowest BCUT2D eigenvalue weighted by molar-refractivity contribution is 0.0114. The molecule has 0 atom stereocenters. The van der Waals surface area contributed by atoms with Crippen molar-refractivity contribution in [3.8, 4) is 0 Å². The van der Waals surface area contributed by atoms with Crippen molar-refractivity contribution in [2.45, 2.75) is 52.7 Å². The first kappa shape index (κ1) is 22.1. The Balaban J connectivity index is 1.77. The maximum absolute atomic E-state index is 12.7. The highest BCUT2D eigenvalue weighted by Gasteiger charge is 2.32. The van der Waals surface area contributed by atoms with Crippen molar-refractivity contribution in [2.24, 2.45) is 0 Å². The van der Waals surface area contributed by atoms with E-state index in [4.69, 9.17) is 9.47 Å². The van der Waals surface area contributed by atoms with Crippen molar-refractivity contribution in [3.05, 3.63) is 0 Å². The first-order chi connectivity index (χ1) is 12.9. The summed E-state index contributed by atoms with van der Waals surface area (Å²) >= 11 is 0. The van der Waals surface area contributed by atoms with Gasteiger partial charge in [0, 0.05) is 52.4 Å². The topological polar surface area (TPSA) is 82.6 Å². The van der Waals surface area contributed by atoms with Crippen molar-refractivity contribution < 1.29 is 23.9 Å². The number of piperazine rings is 2. The SMILES string of the molecule is CC(C)(C)OC(=O)N1CCN(C(=O)N2CCN(C(=O)OC(C)(C)C)CC2)CC1. The summed E-state index contributed by atoms with van der Waals surface area (Å²) in [6.45, 7) is 14.7. The summed E-state index contributed by atoms with van der Waals surface area (Å²) in [5, 5.41) is 0. The first-order valence-corrected chi connectivity index (χ1v) is 9.85. The predicted octanol–water partition coefficient (Wildman–Crippen LogP) is 2.21. The standard InChI is InChI=1S/C19H34N4O5/c1-18(2,3)27-16(25)22-11-7-20(8-12-22)15(24)21-9-13-23(14-10-21)17(26)28-19(4,5)6/h7-14H2,1-6H3. The normalized spacial score (nSPS) is 18.8. The smallest absolute Gasteiger partial charge is 0.410 e. The molecule has 9 nitrogen and oxygen atoms in total. The third-order valence-electron chi connectivity index (χ3n) is 4.40. The fourth-order valence-corrected chi connectivity index (χ4v) is 3.01. The average Bonchev–Trinajstić information content (AvgIpc) is 2.58. The maximum Gasteiger partial charge on any atom is 0.410 e. The van der Waals surface area contributed by atoms with E-state index in [0.29, 0.717) is 52.4 Å². The van der Waals surface area contributed by atoms with Crippen LogP contribution in [0.25, 0.3) is 0 Å². The van der Waals surface area contributed by atoms with E-state index < -0.39 is 11.2 Å². The van der Waals surface area contributed by atoms with Crippen LogP contribution in [0.3, 0.4) is 0 Å². The first-order valence-electron chi connectivity index (χ1n) is 9.85. The van der Waals surface area contributed by atoms with Crippen LogP contribution in [-0.4, -0.2) is 101 Å². The molecule has 2 saturated heterocycles. The van der Waals surface area contributed by atoms with Crippen LogP contribution in [0, 0.1) is 0 Å². The molecule has 160 valence electrons. The molecule has 0 aromatic rings. The zero-order valence-corrected chi connectivity index (χ0v) is 18.0. The molecule has 0 aliphatic carbocycles. The van der Waals surface area contributed by atoms with Gasteiger partial charge in [0.15, 0.2) is 0 Å². The fraction of sp³-hybridized carbons (Fsp3) is 0.842. The highest BCUT2D eigenvalue weighted by Crippen LogP contribution is 2.15. The molecule has 0 spiro atoms. The number of carbonyl (C=O) groups is 3. The Morgan fingerprint density at radius 3 is 1.04 bits per heavy atom. The number of carbonyl (C=O) groups excluding carboxylic acids is 3. The van der Waals surface area contributed by atoms with E-state index in [1.807, 2.05) is 41.5 Å². The van der Waals surface area contributed by atoms with Gasteiger partial charge in [-0.2, -0.15) is 0 Å². The van der Waals surface area contributed by atoms with Crippen LogP contribution >= 0.6 is 0 Å². The van der Waals surface area contributed by atoms with Crippen molar-refractivity contribution in [3.63, 3.8) is 0 Å². The molecule has 0 unspecified atom stereocenters. The molecule has 2 aliphatic heterocycles. The predicted molar refractivity (Wildman–Crippen MR) is 104 cm³/mol. The summed E-state index contributed by atoms with van der Waals surface area (Å²) < 4.78 is 10.8. The molecule has 2 heterocycles. The highest BCUT2D eigenvalue weighted by atomic mass is 16.6. The van der Waals surface area contributed by atoms with Gasteiger partial charge in [0.25, 0.3) is 0 Å². The van der Waals surface area contributed by atoms with Crippen LogP contribution in [-0.2, 0) is 9.47 Å². The number of ether oxygens (including phenoxy) is 2. The molecule has 28 heavy (non-hydrogen) atoms. The van der Waals surface area contributed by atoms with Gasteiger partial charge in [0.1, 0.15) is 11.2 Å². The second-order valence-electron chi connectivity index (χ2n) is 9.19. The van der Waals surface area contributed by atoms with Crippen LogP contribution in [0.1, 0.15) is 41.5 Å². The van der Waals surface area contributed by atoms with E-state index in [9.17, 15) is 14.4 Å². The molecule has 0 bridgehead atoms. The van der Waals surface area contributed by atoms with Crippen molar-refractivity contribution in [2.75, 3.05) is 52.4 Å². The molecule has 0 N–H and O–H groups in total.